The zero-order chi connectivity index (χ0) is 19.0. The summed E-state index contributed by atoms with van der Waals surface area (Å²) in [5.74, 6) is 2.06. The summed E-state index contributed by atoms with van der Waals surface area (Å²) in [6, 6.07) is 6.68. The van der Waals surface area contributed by atoms with Crippen LogP contribution in [0.4, 0.5) is 0 Å². The molecule has 5 nitrogen and oxygen atoms in total. The Morgan fingerprint density at radius 2 is 1.78 bits per heavy atom. The van der Waals surface area contributed by atoms with Crippen LogP contribution in [0.5, 0.6) is 0 Å². The quantitative estimate of drug-likeness (QED) is 0.593. The van der Waals surface area contributed by atoms with Gasteiger partial charge >= 0.3 is 0 Å². The van der Waals surface area contributed by atoms with Crippen molar-refractivity contribution in [3.8, 4) is 0 Å². The average molecular weight is 388 g/mol. The number of amides is 2. The van der Waals surface area contributed by atoms with Crippen LogP contribution in [0.15, 0.2) is 29.4 Å². The highest BCUT2D eigenvalue weighted by Gasteiger charge is 2.51. The van der Waals surface area contributed by atoms with Gasteiger partial charge in [0, 0.05) is 21.8 Å². The number of carbonyl (C=O) groups is 2. The second-order valence-electron chi connectivity index (χ2n) is 8.72. The molecule has 0 unspecified atom stereocenters. The van der Waals surface area contributed by atoms with E-state index in [1.165, 1.54) is 19.3 Å². The number of rotatable bonds is 5. The first kappa shape index (κ1) is 18.5. The zero-order valence-electron chi connectivity index (χ0n) is 15.6. The minimum atomic E-state index is -0.335. The van der Waals surface area contributed by atoms with Crippen LogP contribution < -0.4 is 10.7 Å². The largest absolute Gasteiger partial charge is 0.350 e. The first-order valence-corrected chi connectivity index (χ1v) is 10.2. The molecule has 4 saturated carbocycles. The third-order valence-corrected chi connectivity index (χ3v) is 6.53. The van der Waals surface area contributed by atoms with Crippen molar-refractivity contribution in [1.82, 2.24) is 10.7 Å². The molecule has 4 aliphatic carbocycles. The summed E-state index contributed by atoms with van der Waals surface area (Å²) in [6.07, 6.45) is 7.66. The molecule has 4 fully saturated rings. The third-order valence-electron chi connectivity index (χ3n) is 6.29. The average Bonchev–Trinajstić information content (AvgIpc) is 2.57. The minimum absolute atomic E-state index is 0.00945. The Bertz CT molecular complexity index is 754. The summed E-state index contributed by atoms with van der Waals surface area (Å²) in [6.45, 7) is 1.76. The van der Waals surface area contributed by atoms with Crippen LogP contribution in [0, 0.1) is 17.8 Å². The summed E-state index contributed by atoms with van der Waals surface area (Å²) in [7, 11) is 0. The normalized spacial score (nSPS) is 31.6. The number of hydrogen-bond donors (Lipinski definition) is 2. The Labute approximate surface area is 164 Å². The predicted octanol–water partition coefficient (Wildman–Crippen LogP) is 3.92. The van der Waals surface area contributed by atoms with E-state index in [2.05, 4.69) is 15.8 Å². The molecule has 6 heteroatoms. The SMILES string of the molecule is C/C(CC(=O)NC12CC3CC(CC(C3)C1)C2)=N/NC(=O)c1cccc(Cl)c1. The van der Waals surface area contributed by atoms with Crippen LogP contribution in [0.2, 0.25) is 5.02 Å². The lowest BCUT2D eigenvalue weighted by Crippen LogP contribution is -2.60. The van der Waals surface area contributed by atoms with E-state index in [0.29, 0.717) is 16.3 Å². The molecule has 4 bridgehead atoms. The van der Waals surface area contributed by atoms with Gasteiger partial charge in [-0.15, -0.1) is 0 Å². The lowest BCUT2D eigenvalue weighted by atomic mass is 9.53. The Balaban J connectivity index is 1.31. The van der Waals surface area contributed by atoms with E-state index < -0.39 is 0 Å². The number of nitrogens with one attached hydrogen (secondary N) is 2. The van der Waals surface area contributed by atoms with Crippen molar-refractivity contribution in [2.24, 2.45) is 22.9 Å². The molecule has 144 valence electrons. The van der Waals surface area contributed by atoms with Crippen molar-refractivity contribution in [3.05, 3.63) is 34.9 Å². The Hall–Kier alpha value is -1.88. The van der Waals surface area contributed by atoms with Crippen LogP contribution in [-0.4, -0.2) is 23.1 Å². The van der Waals surface area contributed by atoms with Crippen molar-refractivity contribution < 1.29 is 9.59 Å². The molecule has 2 N–H and O–H groups in total. The summed E-state index contributed by atoms with van der Waals surface area (Å²) in [5.41, 5.74) is 3.54. The number of hydrogen-bond acceptors (Lipinski definition) is 3. The fraction of sp³-hybridized carbons (Fsp3) is 0.571. The molecule has 2 amide bonds. The zero-order valence-corrected chi connectivity index (χ0v) is 16.4. The highest BCUT2D eigenvalue weighted by molar-refractivity contribution is 6.30. The maximum Gasteiger partial charge on any atom is 0.271 e. The summed E-state index contributed by atoms with van der Waals surface area (Å²) in [5, 5.41) is 7.91. The van der Waals surface area contributed by atoms with Crippen molar-refractivity contribution >= 4 is 29.1 Å². The monoisotopic (exact) mass is 387 g/mol. The summed E-state index contributed by atoms with van der Waals surface area (Å²) < 4.78 is 0. The second-order valence-corrected chi connectivity index (χ2v) is 9.16. The molecule has 0 heterocycles. The van der Waals surface area contributed by atoms with E-state index in [1.807, 2.05) is 0 Å². The number of nitrogens with zero attached hydrogens (tertiary/aromatic N) is 1. The molecule has 0 radical (unpaired) electrons. The standard InChI is InChI=1S/C21H26ClN3O2/c1-13(24-25-20(27)17-3-2-4-18(22)9-17)5-19(26)23-21-10-14-6-15(11-21)8-16(7-14)12-21/h2-4,9,14-16H,5-8,10-12H2,1H3,(H,23,26)(H,25,27)/b24-13-. The molecule has 1 aromatic carbocycles. The van der Waals surface area contributed by atoms with Crippen molar-refractivity contribution in [2.75, 3.05) is 0 Å². The van der Waals surface area contributed by atoms with Gasteiger partial charge < -0.3 is 5.32 Å². The number of halogens is 1. The van der Waals surface area contributed by atoms with Crippen molar-refractivity contribution in [2.45, 2.75) is 57.4 Å². The molecule has 0 spiro atoms. The molecule has 0 aromatic heterocycles. The van der Waals surface area contributed by atoms with E-state index in [0.717, 1.165) is 37.0 Å². The molecule has 0 saturated heterocycles. The first-order chi connectivity index (χ1) is 12.9. The van der Waals surface area contributed by atoms with Crippen LogP contribution in [0.3, 0.4) is 0 Å². The third kappa shape index (κ3) is 4.18. The number of carbonyl (C=O) groups excluding carboxylic acids is 2. The summed E-state index contributed by atoms with van der Waals surface area (Å²) >= 11 is 5.90. The van der Waals surface area contributed by atoms with E-state index in [4.69, 9.17) is 11.6 Å². The van der Waals surface area contributed by atoms with Gasteiger partial charge in [0.15, 0.2) is 0 Å². The maximum atomic E-state index is 12.6. The smallest absolute Gasteiger partial charge is 0.271 e. The molecule has 27 heavy (non-hydrogen) atoms. The van der Waals surface area contributed by atoms with Gasteiger partial charge in [0.2, 0.25) is 5.91 Å². The maximum absolute atomic E-state index is 12.6. The molecule has 1 aromatic rings. The lowest BCUT2D eigenvalue weighted by Gasteiger charge is -2.56. The van der Waals surface area contributed by atoms with Gasteiger partial charge in [-0.3, -0.25) is 9.59 Å². The van der Waals surface area contributed by atoms with Crippen LogP contribution in [-0.2, 0) is 4.79 Å². The van der Waals surface area contributed by atoms with Crippen molar-refractivity contribution in [3.63, 3.8) is 0 Å². The van der Waals surface area contributed by atoms with Gasteiger partial charge in [-0.1, -0.05) is 17.7 Å². The van der Waals surface area contributed by atoms with Gasteiger partial charge in [-0.2, -0.15) is 5.10 Å². The van der Waals surface area contributed by atoms with Gasteiger partial charge in [0.05, 0.1) is 6.42 Å². The van der Waals surface area contributed by atoms with E-state index in [9.17, 15) is 9.59 Å². The van der Waals surface area contributed by atoms with Gasteiger partial charge in [-0.05, 0) is 81.4 Å². The van der Waals surface area contributed by atoms with Gasteiger partial charge in [0.25, 0.3) is 5.91 Å². The topological polar surface area (TPSA) is 70.6 Å². The van der Waals surface area contributed by atoms with E-state index in [-0.39, 0.29) is 23.8 Å². The Kier molecular flexibility index (Phi) is 4.97. The number of benzene rings is 1. The second kappa shape index (κ2) is 7.27. The molecular formula is C21H26ClN3O2. The highest BCUT2D eigenvalue weighted by atomic mass is 35.5. The molecule has 0 atom stereocenters. The fourth-order valence-corrected chi connectivity index (χ4v) is 5.91. The fourth-order valence-electron chi connectivity index (χ4n) is 5.72. The molecule has 4 aliphatic rings. The van der Waals surface area contributed by atoms with Crippen LogP contribution >= 0.6 is 11.6 Å². The van der Waals surface area contributed by atoms with Gasteiger partial charge in [-0.25, -0.2) is 5.43 Å². The number of hydrazone groups is 1. The van der Waals surface area contributed by atoms with E-state index in [1.54, 1.807) is 31.2 Å². The van der Waals surface area contributed by atoms with E-state index >= 15 is 0 Å². The summed E-state index contributed by atoms with van der Waals surface area (Å²) in [4.78, 5) is 24.7. The Morgan fingerprint density at radius 1 is 1.15 bits per heavy atom. The first-order valence-electron chi connectivity index (χ1n) is 9.81. The van der Waals surface area contributed by atoms with Crippen LogP contribution in [0.1, 0.15) is 62.2 Å². The van der Waals surface area contributed by atoms with Gasteiger partial charge in [0.1, 0.15) is 0 Å². The highest BCUT2D eigenvalue weighted by Crippen LogP contribution is 2.55. The minimum Gasteiger partial charge on any atom is -0.350 e. The van der Waals surface area contributed by atoms with Crippen LogP contribution in [0.25, 0.3) is 0 Å². The molecule has 0 aliphatic heterocycles. The van der Waals surface area contributed by atoms with Crippen molar-refractivity contribution in [1.29, 1.82) is 0 Å². The molecular weight excluding hydrogens is 362 g/mol. The molecule has 5 rings (SSSR count). The predicted molar refractivity (Wildman–Crippen MR) is 106 cm³/mol. The lowest BCUT2D eigenvalue weighted by molar-refractivity contribution is -0.125. The Morgan fingerprint density at radius 3 is 2.37 bits per heavy atom.